The minimum atomic E-state index is -0.613. The zero-order chi connectivity index (χ0) is 11.1. The minimum Gasteiger partial charge on any atom is -0.409 e. The van der Waals surface area contributed by atoms with E-state index in [0.717, 1.165) is 0 Å². The van der Waals surface area contributed by atoms with Crippen LogP contribution in [0.3, 0.4) is 0 Å². The molecule has 0 saturated heterocycles. The highest BCUT2D eigenvalue weighted by molar-refractivity contribution is 6.34. The maximum atomic E-state index is 12.9. The van der Waals surface area contributed by atoms with Gasteiger partial charge in [-0.2, -0.15) is 0 Å². The van der Waals surface area contributed by atoms with Gasteiger partial charge in [-0.15, -0.1) is 0 Å². The van der Waals surface area contributed by atoms with Crippen molar-refractivity contribution in [2.45, 2.75) is 0 Å². The molecule has 0 unspecified atom stereocenters. The van der Waals surface area contributed by atoms with Gasteiger partial charge in [-0.25, -0.2) is 4.39 Å². The maximum Gasteiger partial charge on any atom is 0.174 e. The second-order valence-corrected chi connectivity index (χ2v) is 2.49. The lowest BCUT2D eigenvalue weighted by Gasteiger charge is -2.01. The average molecular weight is 223 g/mol. The molecule has 78 valence electrons. The van der Waals surface area contributed by atoms with Crippen molar-refractivity contribution in [1.82, 2.24) is 0 Å². The fourth-order valence-electron chi connectivity index (χ4n) is 0.793. The number of nitrogens with zero attached hydrogens (tertiary/aromatic N) is 1. The van der Waals surface area contributed by atoms with E-state index in [2.05, 4.69) is 5.16 Å². The van der Waals surface area contributed by atoms with E-state index in [1.54, 1.807) is 0 Å². The molecule has 0 spiro atoms. The highest BCUT2D eigenvalue weighted by Gasteiger charge is 2.10. The van der Waals surface area contributed by atoms with Gasteiger partial charge in [-0.3, -0.25) is 4.39 Å². The van der Waals surface area contributed by atoms with Crippen LogP contribution in [0, 0.1) is 5.82 Å². The van der Waals surface area contributed by atoms with Crippen molar-refractivity contribution in [2.24, 2.45) is 10.9 Å². The third-order valence-corrected chi connectivity index (χ3v) is 1.64. The van der Waals surface area contributed by atoms with Crippen LogP contribution < -0.4 is 5.73 Å². The van der Waals surface area contributed by atoms with Crippen molar-refractivity contribution in [2.75, 3.05) is 7.18 Å². The minimum absolute atomic E-state index is 0.0818. The second kappa shape index (κ2) is 6.15. The summed E-state index contributed by atoms with van der Waals surface area (Å²) in [5.74, 6) is -0.948. The van der Waals surface area contributed by atoms with E-state index >= 15 is 0 Å². The molecule has 14 heavy (non-hydrogen) atoms. The quantitative estimate of drug-likeness (QED) is 0.331. The third-order valence-electron chi connectivity index (χ3n) is 1.33. The summed E-state index contributed by atoms with van der Waals surface area (Å²) in [6.07, 6.45) is 0. The standard InChI is InChI=1S/C7H6ClFN2O.CH3F/c8-4-2-1-3-5(9)6(4)7(10)11-12;1-2/h1-3,12H,(H2,10,11);1H3. The molecule has 3 N–H and O–H groups in total. The molecule has 0 radical (unpaired) electrons. The lowest BCUT2D eigenvalue weighted by molar-refractivity contribution is 0.318. The summed E-state index contributed by atoms with van der Waals surface area (Å²) in [6, 6.07) is 4.07. The van der Waals surface area contributed by atoms with Crippen LogP contribution in [0.5, 0.6) is 0 Å². The predicted molar refractivity (Wildman–Crippen MR) is 51.0 cm³/mol. The number of oxime groups is 1. The Kier molecular flexibility index (Phi) is 5.55. The van der Waals surface area contributed by atoms with Gasteiger partial charge in [0.1, 0.15) is 5.82 Å². The predicted octanol–water partition coefficient (Wildman–Crippen LogP) is 2.16. The molecule has 0 atom stereocenters. The lowest BCUT2D eigenvalue weighted by atomic mass is 10.2. The van der Waals surface area contributed by atoms with Gasteiger partial charge in [-0.05, 0) is 12.1 Å². The monoisotopic (exact) mass is 222 g/mol. The molecule has 3 nitrogen and oxygen atoms in total. The van der Waals surface area contributed by atoms with Crippen molar-refractivity contribution in [3.63, 3.8) is 0 Å². The van der Waals surface area contributed by atoms with Crippen molar-refractivity contribution in [3.05, 3.63) is 34.6 Å². The summed E-state index contributed by atoms with van der Waals surface area (Å²) >= 11 is 5.59. The van der Waals surface area contributed by atoms with Gasteiger partial charge in [0, 0.05) is 0 Å². The molecule has 0 aliphatic rings. The summed E-state index contributed by atoms with van der Waals surface area (Å²) in [5.41, 5.74) is 5.09. The highest BCUT2D eigenvalue weighted by atomic mass is 35.5. The Balaban J connectivity index is 0.000000791. The Labute approximate surface area is 84.8 Å². The smallest absolute Gasteiger partial charge is 0.174 e. The molecule has 0 bridgehead atoms. The third kappa shape index (κ3) is 2.85. The molecule has 0 saturated carbocycles. The van der Waals surface area contributed by atoms with Gasteiger partial charge in [0.25, 0.3) is 0 Å². The average Bonchev–Trinajstić information content (AvgIpc) is 2.20. The molecule has 1 rings (SSSR count). The molecule has 0 heterocycles. The zero-order valence-corrected chi connectivity index (χ0v) is 8.09. The first kappa shape index (κ1) is 12.6. The van der Waals surface area contributed by atoms with Crippen LogP contribution in [-0.2, 0) is 0 Å². The Hall–Kier alpha value is -1.36. The van der Waals surface area contributed by atoms with E-state index in [1.807, 2.05) is 0 Å². The normalized spacial score (nSPS) is 10.4. The van der Waals surface area contributed by atoms with Crippen LogP contribution in [-0.4, -0.2) is 18.2 Å². The van der Waals surface area contributed by atoms with Crippen LogP contribution in [0.2, 0.25) is 5.02 Å². The number of alkyl halides is 1. The van der Waals surface area contributed by atoms with Crippen molar-refractivity contribution >= 4 is 17.4 Å². The number of nitrogens with two attached hydrogens (primary N) is 1. The first-order chi connectivity index (χ1) is 6.66. The number of halogens is 3. The molecule has 0 aromatic heterocycles. The molecule has 0 amide bonds. The number of hydrogen-bond donors (Lipinski definition) is 2. The molecule has 1 aromatic carbocycles. The van der Waals surface area contributed by atoms with Crippen LogP contribution in [0.15, 0.2) is 23.4 Å². The first-order valence-electron chi connectivity index (χ1n) is 3.46. The summed E-state index contributed by atoms with van der Waals surface area (Å²) in [6.45, 7) is 0. The van der Waals surface area contributed by atoms with Crippen LogP contribution >= 0.6 is 11.6 Å². The number of rotatable bonds is 1. The van der Waals surface area contributed by atoms with Gasteiger partial charge < -0.3 is 10.9 Å². The first-order valence-corrected chi connectivity index (χ1v) is 3.84. The van der Waals surface area contributed by atoms with E-state index in [0.29, 0.717) is 7.18 Å². The van der Waals surface area contributed by atoms with E-state index < -0.39 is 5.82 Å². The van der Waals surface area contributed by atoms with Crippen LogP contribution in [0.4, 0.5) is 8.78 Å². The lowest BCUT2D eigenvalue weighted by Crippen LogP contribution is -2.15. The van der Waals surface area contributed by atoms with E-state index in [4.69, 9.17) is 22.5 Å². The zero-order valence-electron chi connectivity index (χ0n) is 7.34. The fraction of sp³-hybridized carbons (Fsp3) is 0.125. The van der Waals surface area contributed by atoms with Gasteiger partial charge in [0.15, 0.2) is 5.84 Å². The van der Waals surface area contributed by atoms with Gasteiger partial charge in [0.2, 0.25) is 0 Å². The summed E-state index contributed by atoms with van der Waals surface area (Å²) in [5, 5.41) is 11.0. The summed E-state index contributed by atoms with van der Waals surface area (Å²) in [4.78, 5) is 0. The topological polar surface area (TPSA) is 58.6 Å². The molecular formula is C8H9ClF2N2O. The number of amidine groups is 1. The Bertz CT molecular complexity index is 311. The molecule has 0 fully saturated rings. The van der Waals surface area contributed by atoms with Crippen LogP contribution in [0.25, 0.3) is 0 Å². The SMILES string of the molecule is CF.N/C(=N\O)c1c(F)cccc1Cl. The Morgan fingerprint density at radius 3 is 2.50 bits per heavy atom. The maximum absolute atomic E-state index is 12.9. The molecular weight excluding hydrogens is 214 g/mol. The van der Waals surface area contributed by atoms with E-state index in [1.165, 1.54) is 18.2 Å². The summed E-state index contributed by atoms with van der Waals surface area (Å²) in [7, 11) is 0.500. The van der Waals surface area contributed by atoms with Crippen molar-refractivity contribution < 1.29 is 14.0 Å². The molecule has 6 heteroatoms. The fourth-order valence-corrected chi connectivity index (χ4v) is 1.05. The summed E-state index contributed by atoms with van der Waals surface area (Å²) < 4.78 is 22.4. The van der Waals surface area contributed by atoms with Gasteiger partial charge in [-0.1, -0.05) is 22.8 Å². The molecule has 0 aliphatic carbocycles. The van der Waals surface area contributed by atoms with E-state index in [-0.39, 0.29) is 16.4 Å². The number of hydrogen-bond acceptors (Lipinski definition) is 2. The van der Waals surface area contributed by atoms with Crippen molar-refractivity contribution in [1.29, 1.82) is 0 Å². The Morgan fingerprint density at radius 2 is 2.07 bits per heavy atom. The molecule has 1 aromatic rings. The second-order valence-electron chi connectivity index (χ2n) is 2.08. The van der Waals surface area contributed by atoms with Gasteiger partial charge >= 0.3 is 0 Å². The highest BCUT2D eigenvalue weighted by Crippen LogP contribution is 2.17. The van der Waals surface area contributed by atoms with Crippen molar-refractivity contribution in [3.8, 4) is 0 Å². The van der Waals surface area contributed by atoms with Crippen LogP contribution in [0.1, 0.15) is 5.56 Å². The largest absolute Gasteiger partial charge is 0.409 e. The number of benzene rings is 1. The molecule has 0 aliphatic heterocycles. The Morgan fingerprint density at radius 1 is 1.50 bits per heavy atom. The van der Waals surface area contributed by atoms with Gasteiger partial charge in [0.05, 0.1) is 17.8 Å². The van der Waals surface area contributed by atoms with E-state index in [9.17, 15) is 8.78 Å².